The lowest BCUT2D eigenvalue weighted by molar-refractivity contribution is -0.0705. The van der Waals surface area contributed by atoms with E-state index in [1.165, 1.54) is 0 Å². The van der Waals surface area contributed by atoms with Gasteiger partial charge in [0.25, 0.3) is 0 Å². The monoisotopic (exact) mass is 264 g/mol. The molecule has 0 bridgehead atoms. The van der Waals surface area contributed by atoms with Crippen LogP contribution >= 0.6 is 0 Å². The maximum absolute atomic E-state index is 12.5. The van der Waals surface area contributed by atoms with Gasteiger partial charge in [0.2, 0.25) is 0 Å². The van der Waals surface area contributed by atoms with Crippen LogP contribution in [0.25, 0.3) is 0 Å². The van der Waals surface area contributed by atoms with Crippen LogP contribution in [0.1, 0.15) is 36.0 Å². The fourth-order valence-electron chi connectivity index (χ4n) is 2.53. The molecule has 0 saturated heterocycles. The molecule has 0 N–H and O–H groups in total. The Kier molecular flexibility index (Phi) is 4.10. The van der Waals surface area contributed by atoms with Crippen LogP contribution in [-0.4, -0.2) is 32.7 Å². The minimum atomic E-state index is -0.289. The van der Waals surface area contributed by atoms with Crippen molar-refractivity contribution in [3.05, 3.63) is 23.8 Å². The molecule has 1 fully saturated rings. The third kappa shape index (κ3) is 2.59. The normalized spacial score (nSPS) is 16.6. The average Bonchev–Trinajstić information content (AvgIpc) is 2.41. The van der Waals surface area contributed by atoms with E-state index in [-0.39, 0.29) is 11.4 Å². The molecule has 4 heteroatoms. The number of ketones is 1. The van der Waals surface area contributed by atoms with Gasteiger partial charge in [0.05, 0.1) is 19.8 Å². The van der Waals surface area contributed by atoms with E-state index in [2.05, 4.69) is 0 Å². The molecule has 1 aliphatic carbocycles. The Morgan fingerprint density at radius 2 is 1.74 bits per heavy atom. The molecule has 1 aliphatic rings. The van der Waals surface area contributed by atoms with Crippen molar-refractivity contribution in [3.63, 3.8) is 0 Å². The Balaban J connectivity index is 2.27. The molecule has 1 saturated carbocycles. The van der Waals surface area contributed by atoms with Gasteiger partial charge in [-0.15, -0.1) is 0 Å². The van der Waals surface area contributed by atoms with Crippen molar-refractivity contribution in [1.29, 1.82) is 0 Å². The van der Waals surface area contributed by atoms with Crippen molar-refractivity contribution in [1.82, 2.24) is 0 Å². The summed E-state index contributed by atoms with van der Waals surface area (Å²) in [5, 5.41) is 0. The summed E-state index contributed by atoms with van der Waals surface area (Å²) in [4.78, 5) is 12.5. The zero-order chi connectivity index (χ0) is 13.9. The molecule has 0 radical (unpaired) electrons. The van der Waals surface area contributed by atoms with Crippen molar-refractivity contribution in [2.24, 2.45) is 0 Å². The summed E-state index contributed by atoms with van der Waals surface area (Å²) in [6.07, 6.45) is 3.36. The SMILES string of the molecule is COc1cccc(OC)c1C(=O)CC1(OC)CCC1. The Morgan fingerprint density at radius 3 is 2.11 bits per heavy atom. The topological polar surface area (TPSA) is 44.8 Å². The summed E-state index contributed by atoms with van der Waals surface area (Å²) < 4.78 is 16.0. The predicted octanol–water partition coefficient (Wildman–Crippen LogP) is 2.85. The molecular formula is C15H20O4. The molecule has 0 unspecified atom stereocenters. The third-order valence-electron chi connectivity index (χ3n) is 3.89. The molecule has 0 heterocycles. The van der Waals surface area contributed by atoms with E-state index in [9.17, 15) is 4.79 Å². The van der Waals surface area contributed by atoms with Gasteiger partial charge in [-0.1, -0.05) is 6.07 Å². The smallest absolute Gasteiger partial charge is 0.173 e. The van der Waals surface area contributed by atoms with Crippen LogP contribution in [0, 0.1) is 0 Å². The highest BCUT2D eigenvalue weighted by molar-refractivity contribution is 6.02. The summed E-state index contributed by atoms with van der Waals surface area (Å²) >= 11 is 0. The number of hydrogen-bond donors (Lipinski definition) is 0. The van der Waals surface area contributed by atoms with E-state index in [0.717, 1.165) is 19.3 Å². The molecule has 2 rings (SSSR count). The van der Waals surface area contributed by atoms with Crippen LogP contribution in [0.4, 0.5) is 0 Å². The number of methoxy groups -OCH3 is 3. The van der Waals surface area contributed by atoms with Gasteiger partial charge in [0, 0.05) is 13.5 Å². The quantitative estimate of drug-likeness (QED) is 0.741. The molecule has 1 aromatic rings. The standard InChI is InChI=1S/C15H20O4/c1-17-12-6-4-7-13(18-2)14(12)11(16)10-15(19-3)8-5-9-15/h4,6-7H,5,8-10H2,1-3H3. The van der Waals surface area contributed by atoms with Gasteiger partial charge in [-0.2, -0.15) is 0 Å². The minimum Gasteiger partial charge on any atom is -0.496 e. The van der Waals surface area contributed by atoms with Gasteiger partial charge in [-0.3, -0.25) is 4.79 Å². The van der Waals surface area contributed by atoms with Gasteiger partial charge in [0.15, 0.2) is 5.78 Å². The van der Waals surface area contributed by atoms with Crippen molar-refractivity contribution in [2.45, 2.75) is 31.3 Å². The average molecular weight is 264 g/mol. The first kappa shape index (κ1) is 13.9. The first-order chi connectivity index (χ1) is 9.15. The molecular weight excluding hydrogens is 244 g/mol. The minimum absolute atomic E-state index is 0.0100. The van der Waals surface area contributed by atoms with E-state index in [1.807, 2.05) is 6.07 Å². The highest BCUT2D eigenvalue weighted by atomic mass is 16.5. The Hall–Kier alpha value is -1.55. The van der Waals surface area contributed by atoms with E-state index < -0.39 is 0 Å². The number of carbonyl (C=O) groups excluding carboxylic acids is 1. The van der Waals surface area contributed by atoms with Crippen molar-refractivity contribution in [2.75, 3.05) is 21.3 Å². The second-order valence-corrected chi connectivity index (χ2v) is 4.88. The molecule has 0 spiro atoms. The number of Topliss-reactive ketones (excluding diaryl/α,β-unsaturated/α-hetero) is 1. The van der Waals surface area contributed by atoms with Gasteiger partial charge in [0.1, 0.15) is 17.1 Å². The van der Waals surface area contributed by atoms with Crippen LogP contribution in [0.5, 0.6) is 11.5 Å². The third-order valence-corrected chi connectivity index (χ3v) is 3.89. The molecule has 0 aromatic heterocycles. The van der Waals surface area contributed by atoms with Crippen molar-refractivity contribution < 1.29 is 19.0 Å². The summed E-state index contributed by atoms with van der Waals surface area (Å²) in [5.41, 5.74) is 0.221. The number of ether oxygens (including phenoxy) is 3. The molecule has 0 aliphatic heterocycles. The van der Waals surface area contributed by atoms with Gasteiger partial charge >= 0.3 is 0 Å². The molecule has 0 amide bonds. The van der Waals surface area contributed by atoms with Gasteiger partial charge in [-0.25, -0.2) is 0 Å². The summed E-state index contributed by atoms with van der Waals surface area (Å²) in [5.74, 6) is 1.11. The van der Waals surface area contributed by atoms with E-state index in [0.29, 0.717) is 23.5 Å². The lowest BCUT2D eigenvalue weighted by Crippen LogP contribution is -2.41. The second kappa shape index (κ2) is 5.61. The lowest BCUT2D eigenvalue weighted by Gasteiger charge is -2.40. The van der Waals surface area contributed by atoms with Crippen LogP contribution < -0.4 is 9.47 Å². The van der Waals surface area contributed by atoms with E-state index in [1.54, 1.807) is 33.5 Å². The number of rotatable bonds is 6. The Morgan fingerprint density at radius 1 is 1.16 bits per heavy atom. The fraction of sp³-hybridized carbons (Fsp3) is 0.533. The first-order valence-corrected chi connectivity index (χ1v) is 6.45. The van der Waals surface area contributed by atoms with Gasteiger partial charge in [-0.05, 0) is 31.4 Å². The van der Waals surface area contributed by atoms with Crippen LogP contribution in [-0.2, 0) is 4.74 Å². The van der Waals surface area contributed by atoms with E-state index >= 15 is 0 Å². The number of carbonyl (C=O) groups is 1. The summed E-state index contributed by atoms with van der Waals surface area (Å²) in [6, 6.07) is 5.36. The Bertz CT molecular complexity index is 435. The molecule has 1 aromatic carbocycles. The second-order valence-electron chi connectivity index (χ2n) is 4.88. The number of hydrogen-bond acceptors (Lipinski definition) is 4. The van der Waals surface area contributed by atoms with Crippen LogP contribution in [0.15, 0.2) is 18.2 Å². The predicted molar refractivity (Wildman–Crippen MR) is 72.1 cm³/mol. The maximum atomic E-state index is 12.5. The largest absolute Gasteiger partial charge is 0.496 e. The Labute approximate surface area is 113 Å². The molecule has 104 valence electrons. The summed E-state index contributed by atoms with van der Waals surface area (Å²) in [6.45, 7) is 0. The van der Waals surface area contributed by atoms with Crippen molar-refractivity contribution in [3.8, 4) is 11.5 Å². The van der Waals surface area contributed by atoms with Gasteiger partial charge < -0.3 is 14.2 Å². The highest BCUT2D eigenvalue weighted by Crippen LogP contribution is 2.40. The zero-order valence-corrected chi connectivity index (χ0v) is 11.7. The first-order valence-electron chi connectivity index (χ1n) is 6.45. The van der Waals surface area contributed by atoms with Crippen LogP contribution in [0.2, 0.25) is 0 Å². The van der Waals surface area contributed by atoms with Crippen molar-refractivity contribution >= 4 is 5.78 Å². The number of benzene rings is 1. The van der Waals surface area contributed by atoms with Crippen LogP contribution in [0.3, 0.4) is 0 Å². The van der Waals surface area contributed by atoms with E-state index in [4.69, 9.17) is 14.2 Å². The zero-order valence-electron chi connectivity index (χ0n) is 11.7. The molecule has 19 heavy (non-hydrogen) atoms. The molecule has 4 nitrogen and oxygen atoms in total. The lowest BCUT2D eigenvalue weighted by atomic mass is 9.75. The highest BCUT2D eigenvalue weighted by Gasteiger charge is 2.40. The fourth-order valence-corrected chi connectivity index (χ4v) is 2.53. The maximum Gasteiger partial charge on any atom is 0.173 e. The summed E-state index contributed by atoms with van der Waals surface area (Å²) in [7, 11) is 4.79. The molecule has 0 atom stereocenters.